The van der Waals surface area contributed by atoms with Crippen molar-refractivity contribution < 1.29 is 26.7 Å². The third-order valence-electron chi connectivity index (χ3n) is 0.709. The molecule has 8 heteroatoms. The Morgan fingerprint density at radius 2 is 1.82 bits per heavy atom. The molecule has 0 aliphatic carbocycles. The smallest absolute Gasteiger partial charge is 0.395 e. The number of halogens is 3. The van der Waals surface area contributed by atoms with Gasteiger partial charge in [-0.1, -0.05) is 0 Å². The van der Waals surface area contributed by atoms with Gasteiger partial charge in [-0.2, -0.15) is 13.2 Å². The van der Waals surface area contributed by atoms with Gasteiger partial charge in [0, 0.05) is 6.54 Å². The van der Waals surface area contributed by atoms with Crippen molar-refractivity contribution in [1.82, 2.24) is 4.72 Å². The van der Waals surface area contributed by atoms with E-state index in [-0.39, 0.29) is 0 Å². The second-order valence-corrected chi connectivity index (χ2v) is 3.33. The Balaban J connectivity index is 4.26. The van der Waals surface area contributed by atoms with Gasteiger partial charge in [0.2, 0.25) is 0 Å². The Kier molecular flexibility index (Phi) is 3.27. The highest BCUT2D eigenvalue weighted by Crippen LogP contribution is 2.20. The van der Waals surface area contributed by atoms with Crippen LogP contribution in [-0.4, -0.2) is 32.2 Å². The fraction of sp³-hybridized carbons (Fsp3) is 1.00. The van der Waals surface area contributed by atoms with Crippen LogP contribution in [0.2, 0.25) is 0 Å². The molecule has 0 aromatic carbocycles. The number of aliphatic hydroxyl groups is 1. The summed E-state index contributed by atoms with van der Waals surface area (Å²) in [5.41, 5.74) is -5.30. The molecule has 0 heterocycles. The molecule has 0 saturated carbocycles. The first-order chi connectivity index (χ1) is 4.81. The maximum absolute atomic E-state index is 11.4. The number of nitrogens with one attached hydrogen (secondary N) is 1. The van der Waals surface area contributed by atoms with E-state index in [9.17, 15) is 21.6 Å². The third kappa shape index (κ3) is 3.04. The van der Waals surface area contributed by atoms with E-state index in [1.165, 1.54) is 0 Å². The van der Waals surface area contributed by atoms with Crippen LogP contribution in [0.4, 0.5) is 13.2 Å². The molecule has 0 aromatic rings. The SMILES string of the molecule is O=S(=O)(NCCO)C(F)(F)F. The lowest BCUT2D eigenvalue weighted by Crippen LogP contribution is -2.37. The molecule has 2 N–H and O–H groups in total. The summed E-state index contributed by atoms with van der Waals surface area (Å²) in [6, 6.07) is 0. The number of alkyl halides is 3. The average molecular weight is 193 g/mol. The number of hydrogen-bond donors (Lipinski definition) is 2. The molecule has 4 nitrogen and oxygen atoms in total. The minimum Gasteiger partial charge on any atom is -0.395 e. The number of aliphatic hydroxyl groups excluding tert-OH is 1. The van der Waals surface area contributed by atoms with Crippen LogP contribution >= 0.6 is 0 Å². The van der Waals surface area contributed by atoms with Crippen LogP contribution in [0.15, 0.2) is 0 Å². The number of hydrogen-bond acceptors (Lipinski definition) is 3. The van der Waals surface area contributed by atoms with Crippen molar-refractivity contribution in [2.75, 3.05) is 13.2 Å². The van der Waals surface area contributed by atoms with E-state index in [1.54, 1.807) is 0 Å². The molecule has 0 radical (unpaired) electrons. The van der Waals surface area contributed by atoms with Crippen LogP contribution in [0.5, 0.6) is 0 Å². The lowest BCUT2D eigenvalue weighted by atomic mass is 10.8. The molecular weight excluding hydrogens is 187 g/mol. The van der Waals surface area contributed by atoms with Crippen LogP contribution in [0.3, 0.4) is 0 Å². The van der Waals surface area contributed by atoms with Crippen molar-refractivity contribution in [2.24, 2.45) is 0 Å². The van der Waals surface area contributed by atoms with Gasteiger partial charge in [0.05, 0.1) is 6.61 Å². The predicted molar refractivity (Wildman–Crippen MR) is 30.1 cm³/mol. The Labute approximate surface area is 61.1 Å². The Morgan fingerprint density at radius 1 is 1.36 bits per heavy atom. The zero-order valence-electron chi connectivity index (χ0n) is 5.22. The summed E-state index contributed by atoms with van der Waals surface area (Å²) in [6.07, 6.45) is 0. The van der Waals surface area contributed by atoms with Gasteiger partial charge in [0.15, 0.2) is 0 Å². The van der Waals surface area contributed by atoms with Gasteiger partial charge in [0.1, 0.15) is 0 Å². The minimum absolute atomic E-state index is 0.637. The molecule has 68 valence electrons. The van der Waals surface area contributed by atoms with Gasteiger partial charge in [-0.15, -0.1) is 0 Å². The highest BCUT2D eigenvalue weighted by atomic mass is 32.2. The Morgan fingerprint density at radius 3 is 2.09 bits per heavy atom. The molecule has 0 spiro atoms. The van der Waals surface area contributed by atoms with Crippen molar-refractivity contribution in [2.45, 2.75) is 5.51 Å². The molecule has 11 heavy (non-hydrogen) atoms. The first-order valence-electron chi connectivity index (χ1n) is 2.48. The third-order valence-corrected chi connectivity index (χ3v) is 1.90. The van der Waals surface area contributed by atoms with Crippen molar-refractivity contribution in [1.29, 1.82) is 0 Å². The van der Waals surface area contributed by atoms with Crippen molar-refractivity contribution in [3.05, 3.63) is 0 Å². The summed E-state index contributed by atoms with van der Waals surface area (Å²) in [7, 11) is -5.27. The first kappa shape index (κ1) is 10.7. The molecule has 0 saturated heterocycles. The molecule has 0 unspecified atom stereocenters. The normalized spacial score (nSPS) is 13.5. The average Bonchev–Trinajstić information content (AvgIpc) is 1.81. The number of sulfonamides is 1. The van der Waals surface area contributed by atoms with E-state index in [0.717, 1.165) is 4.72 Å². The Hall–Kier alpha value is -0.340. The van der Waals surface area contributed by atoms with E-state index in [1.807, 2.05) is 0 Å². The highest BCUT2D eigenvalue weighted by molar-refractivity contribution is 7.90. The van der Waals surface area contributed by atoms with Crippen LogP contribution in [-0.2, 0) is 10.0 Å². The summed E-state index contributed by atoms with van der Waals surface area (Å²) in [5, 5.41) is 8.00. The largest absolute Gasteiger partial charge is 0.511 e. The monoisotopic (exact) mass is 193 g/mol. The molecule has 0 amide bonds. The Bertz CT molecular complexity index is 208. The van der Waals surface area contributed by atoms with Gasteiger partial charge in [-0.25, -0.2) is 13.1 Å². The molecule has 0 rings (SSSR count). The standard InChI is InChI=1S/C3H6F3NO3S/c4-3(5,6)11(9,10)7-1-2-8/h7-8H,1-2H2. The second kappa shape index (κ2) is 3.37. The van der Waals surface area contributed by atoms with Gasteiger partial charge in [0.25, 0.3) is 0 Å². The zero-order valence-corrected chi connectivity index (χ0v) is 6.04. The van der Waals surface area contributed by atoms with E-state index in [2.05, 4.69) is 0 Å². The molecule has 0 aliphatic rings. The molecular formula is C3H6F3NO3S. The lowest BCUT2D eigenvalue weighted by molar-refractivity contribution is -0.0448. The molecule has 0 fully saturated rings. The summed E-state index contributed by atoms with van der Waals surface area (Å²) in [5.74, 6) is 0. The molecule has 0 aliphatic heterocycles. The van der Waals surface area contributed by atoms with Crippen LogP contribution < -0.4 is 4.72 Å². The maximum atomic E-state index is 11.4. The summed E-state index contributed by atoms with van der Waals surface area (Å²) < 4.78 is 55.5. The topological polar surface area (TPSA) is 66.4 Å². The van der Waals surface area contributed by atoms with E-state index in [4.69, 9.17) is 5.11 Å². The van der Waals surface area contributed by atoms with Gasteiger partial charge in [-0.05, 0) is 0 Å². The summed E-state index contributed by atoms with van der Waals surface area (Å²) in [4.78, 5) is 0. The van der Waals surface area contributed by atoms with Crippen LogP contribution in [0, 0.1) is 0 Å². The van der Waals surface area contributed by atoms with Crippen LogP contribution in [0.25, 0.3) is 0 Å². The van der Waals surface area contributed by atoms with E-state index < -0.39 is 28.7 Å². The molecule has 0 aromatic heterocycles. The van der Waals surface area contributed by atoms with Crippen molar-refractivity contribution >= 4 is 10.0 Å². The predicted octanol–water partition coefficient (Wildman–Crippen LogP) is -0.582. The quantitative estimate of drug-likeness (QED) is 0.630. The van der Waals surface area contributed by atoms with Gasteiger partial charge >= 0.3 is 15.5 Å². The zero-order chi connectivity index (χ0) is 9.12. The minimum atomic E-state index is -5.30. The fourth-order valence-electron chi connectivity index (χ4n) is 0.262. The molecule has 0 bridgehead atoms. The van der Waals surface area contributed by atoms with E-state index >= 15 is 0 Å². The molecule has 0 atom stereocenters. The first-order valence-corrected chi connectivity index (χ1v) is 3.96. The van der Waals surface area contributed by atoms with E-state index in [0.29, 0.717) is 0 Å². The summed E-state index contributed by atoms with van der Waals surface area (Å²) >= 11 is 0. The highest BCUT2D eigenvalue weighted by Gasteiger charge is 2.45. The van der Waals surface area contributed by atoms with Crippen LogP contribution in [0.1, 0.15) is 0 Å². The van der Waals surface area contributed by atoms with Crippen molar-refractivity contribution in [3.8, 4) is 0 Å². The summed E-state index contributed by atoms with van der Waals surface area (Å²) in [6.45, 7) is -1.31. The lowest BCUT2D eigenvalue weighted by Gasteiger charge is -2.07. The van der Waals surface area contributed by atoms with Gasteiger partial charge in [-0.3, -0.25) is 0 Å². The fourth-order valence-corrected chi connectivity index (χ4v) is 0.786. The second-order valence-electron chi connectivity index (χ2n) is 1.57. The number of rotatable bonds is 3. The van der Waals surface area contributed by atoms with Crippen molar-refractivity contribution in [3.63, 3.8) is 0 Å². The van der Waals surface area contributed by atoms with Gasteiger partial charge < -0.3 is 5.11 Å². The maximum Gasteiger partial charge on any atom is 0.511 e.